The molecule has 0 saturated heterocycles. The lowest BCUT2D eigenvalue weighted by Crippen LogP contribution is -2.28. The fourth-order valence-electron chi connectivity index (χ4n) is 1.72. The number of carboxylic acid groups (broad SMARTS) is 1. The second-order valence-corrected chi connectivity index (χ2v) is 5.26. The SMILES string of the molecule is Cc1cc(C(=O)NCC(=O)O)sc1-c1ccc(F)cc1. The number of hydrogen-bond donors (Lipinski definition) is 2. The van der Waals surface area contributed by atoms with E-state index in [0.29, 0.717) is 4.88 Å². The molecule has 6 heteroatoms. The van der Waals surface area contributed by atoms with Gasteiger partial charge in [-0.25, -0.2) is 4.39 Å². The van der Waals surface area contributed by atoms with Gasteiger partial charge in [0, 0.05) is 4.88 Å². The molecule has 104 valence electrons. The molecule has 0 fully saturated rings. The molecule has 20 heavy (non-hydrogen) atoms. The normalized spacial score (nSPS) is 10.3. The first-order chi connectivity index (χ1) is 9.47. The zero-order valence-corrected chi connectivity index (χ0v) is 11.5. The molecule has 0 aliphatic rings. The van der Waals surface area contributed by atoms with Crippen LogP contribution in [-0.2, 0) is 4.79 Å². The maximum absolute atomic E-state index is 12.9. The zero-order valence-electron chi connectivity index (χ0n) is 10.6. The summed E-state index contributed by atoms with van der Waals surface area (Å²) in [4.78, 5) is 23.5. The average molecular weight is 293 g/mol. The fraction of sp³-hybridized carbons (Fsp3) is 0.143. The van der Waals surface area contributed by atoms with Crippen molar-refractivity contribution in [3.63, 3.8) is 0 Å². The summed E-state index contributed by atoms with van der Waals surface area (Å²) in [6, 6.07) is 7.71. The molecule has 0 spiro atoms. The first kappa shape index (κ1) is 14.2. The number of thiophene rings is 1. The molecular formula is C14H12FNO3S. The summed E-state index contributed by atoms with van der Waals surface area (Å²) in [5, 5.41) is 10.8. The summed E-state index contributed by atoms with van der Waals surface area (Å²) in [5.41, 5.74) is 1.72. The van der Waals surface area contributed by atoms with Crippen molar-refractivity contribution in [2.75, 3.05) is 6.54 Å². The largest absolute Gasteiger partial charge is 0.480 e. The Bertz CT molecular complexity index is 649. The maximum Gasteiger partial charge on any atom is 0.322 e. The highest BCUT2D eigenvalue weighted by atomic mass is 32.1. The summed E-state index contributed by atoms with van der Waals surface area (Å²) in [6.07, 6.45) is 0. The number of nitrogens with one attached hydrogen (secondary N) is 1. The van der Waals surface area contributed by atoms with Crippen LogP contribution < -0.4 is 5.32 Å². The lowest BCUT2D eigenvalue weighted by atomic mass is 10.1. The first-order valence-electron chi connectivity index (χ1n) is 5.83. The number of aliphatic carboxylic acids is 1. The van der Waals surface area contributed by atoms with Crippen molar-refractivity contribution < 1.29 is 19.1 Å². The van der Waals surface area contributed by atoms with Crippen molar-refractivity contribution in [1.29, 1.82) is 0 Å². The van der Waals surface area contributed by atoms with Crippen molar-refractivity contribution in [3.05, 3.63) is 46.6 Å². The number of halogens is 1. The maximum atomic E-state index is 12.9. The number of carbonyl (C=O) groups is 2. The summed E-state index contributed by atoms with van der Waals surface area (Å²) < 4.78 is 12.9. The Morgan fingerprint density at radius 1 is 1.30 bits per heavy atom. The smallest absolute Gasteiger partial charge is 0.322 e. The van der Waals surface area contributed by atoms with Crippen molar-refractivity contribution in [2.45, 2.75) is 6.92 Å². The van der Waals surface area contributed by atoms with E-state index in [2.05, 4.69) is 5.32 Å². The van der Waals surface area contributed by atoms with E-state index >= 15 is 0 Å². The third-order valence-electron chi connectivity index (χ3n) is 2.65. The van der Waals surface area contributed by atoms with Crippen molar-refractivity contribution in [3.8, 4) is 10.4 Å². The summed E-state index contributed by atoms with van der Waals surface area (Å²) in [5.74, 6) is -1.83. The third kappa shape index (κ3) is 3.21. The lowest BCUT2D eigenvalue weighted by molar-refractivity contribution is -0.135. The molecule has 2 aromatic rings. The van der Waals surface area contributed by atoms with Gasteiger partial charge in [0.05, 0.1) is 4.88 Å². The van der Waals surface area contributed by atoms with Crippen LogP contribution in [0.5, 0.6) is 0 Å². The molecule has 0 saturated carbocycles. The Kier molecular flexibility index (Phi) is 4.14. The predicted octanol–water partition coefficient (Wildman–Crippen LogP) is 2.68. The predicted molar refractivity (Wildman–Crippen MR) is 74.4 cm³/mol. The van der Waals surface area contributed by atoms with Gasteiger partial charge >= 0.3 is 5.97 Å². The number of benzene rings is 1. The van der Waals surface area contributed by atoms with E-state index in [4.69, 9.17) is 5.11 Å². The molecule has 0 atom stereocenters. The first-order valence-corrected chi connectivity index (χ1v) is 6.65. The van der Waals surface area contributed by atoms with E-state index in [9.17, 15) is 14.0 Å². The monoisotopic (exact) mass is 293 g/mol. The minimum atomic E-state index is -1.09. The van der Waals surface area contributed by atoms with Gasteiger partial charge in [0.1, 0.15) is 12.4 Å². The van der Waals surface area contributed by atoms with Gasteiger partial charge in [-0.1, -0.05) is 12.1 Å². The van der Waals surface area contributed by atoms with E-state index in [-0.39, 0.29) is 5.82 Å². The highest BCUT2D eigenvalue weighted by Crippen LogP contribution is 2.32. The van der Waals surface area contributed by atoms with Gasteiger partial charge in [-0.3, -0.25) is 9.59 Å². The second-order valence-electron chi connectivity index (χ2n) is 4.21. The summed E-state index contributed by atoms with van der Waals surface area (Å²) in [7, 11) is 0. The van der Waals surface area contributed by atoms with Crippen LogP contribution in [0, 0.1) is 12.7 Å². The number of amides is 1. The molecule has 0 radical (unpaired) electrons. The van der Waals surface area contributed by atoms with E-state index in [1.54, 1.807) is 18.2 Å². The molecule has 1 aromatic heterocycles. The van der Waals surface area contributed by atoms with Crippen molar-refractivity contribution in [1.82, 2.24) is 5.32 Å². The van der Waals surface area contributed by atoms with Crippen LogP contribution >= 0.6 is 11.3 Å². The van der Waals surface area contributed by atoms with Gasteiger partial charge in [-0.2, -0.15) is 0 Å². The van der Waals surface area contributed by atoms with E-state index in [0.717, 1.165) is 16.0 Å². The standard InChI is InChI=1S/C14H12FNO3S/c1-8-6-11(14(19)16-7-12(17)18)20-13(8)9-2-4-10(15)5-3-9/h2-6H,7H2,1H3,(H,16,19)(H,17,18). The number of carbonyl (C=O) groups excluding carboxylic acids is 1. The van der Waals surface area contributed by atoms with Crippen LogP contribution in [0.2, 0.25) is 0 Å². The van der Waals surface area contributed by atoms with Crippen LogP contribution in [-0.4, -0.2) is 23.5 Å². The molecule has 1 amide bonds. The molecule has 2 rings (SSSR count). The quantitative estimate of drug-likeness (QED) is 0.910. The molecule has 4 nitrogen and oxygen atoms in total. The molecular weight excluding hydrogens is 281 g/mol. The Hall–Kier alpha value is -2.21. The van der Waals surface area contributed by atoms with Crippen LogP contribution in [0.15, 0.2) is 30.3 Å². The molecule has 1 heterocycles. The topological polar surface area (TPSA) is 66.4 Å². The molecule has 0 unspecified atom stereocenters. The third-order valence-corrected chi connectivity index (χ3v) is 3.93. The number of carboxylic acids is 1. The Labute approximate surface area is 118 Å². The van der Waals surface area contributed by atoms with Gasteiger partial charge in [0.25, 0.3) is 5.91 Å². The van der Waals surface area contributed by atoms with Crippen LogP contribution in [0.1, 0.15) is 15.2 Å². The van der Waals surface area contributed by atoms with Crippen LogP contribution in [0.4, 0.5) is 4.39 Å². The minimum absolute atomic E-state index is 0.317. The van der Waals surface area contributed by atoms with Gasteiger partial charge in [-0.15, -0.1) is 11.3 Å². The van der Waals surface area contributed by atoms with Gasteiger partial charge in [0.15, 0.2) is 0 Å². The van der Waals surface area contributed by atoms with Crippen LogP contribution in [0.3, 0.4) is 0 Å². The fourth-order valence-corrected chi connectivity index (χ4v) is 2.82. The Morgan fingerprint density at radius 3 is 2.55 bits per heavy atom. The highest BCUT2D eigenvalue weighted by molar-refractivity contribution is 7.17. The summed E-state index contributed by atoms with van der Waals surface area (Å²) in [6.45, 7) is 1.44. The van der Waals surface area contributed by atoms with Crippen LogP contribution in [0.25, 0.3) is 10.4 Å². The van der Waals surface area contributed by atoms with Gasteiger partial charge in [-0.05, 0) is 36.2 Å². The van der Waals surface area contributed by atoms with Gasteiger partial charge in [0.2, 0.25) is 0 Å². The molecule has 0 aliphatic carbocycles. The molecule has 2 N–H and O–H groups in total. The van der Waals surface area contributed by atoms with Crippen molar-refractivity contribution in [2.24, 2.45) is 0 Å². The Morgan fingerprint density at radius 2 is 1.95 bits per heavy atom. The zero-order chi connectivity index (χ0) is 14.7. The average Bonchev–Trinajstić information content (AvgIpc) is 2.79. The lowest BCUT2D eigenvalue weighted by Gasteiger charge is -1.99. The van der Waals surface area contributed by atoms with E-state index in [1.165, 1.54) is 23.5 Å². The minimum Gasteiger partial charge on any atom is -0.480 e. The van der Waals surface area contributed by atoms with Crippen molar-refractivity contribution >= 4 is 23.2 Å². The highest BCUT2D eigenvalue weighted by Gasteiger charge is 2.14. The Balaban J connectivity index is 2.23. The van der Waals surface area contributed by atoms with E-state index < -0.39 is 18.4 Å². The van der Waals surface area contributed by atoms with E-state index in [1.807, 2.05) is 6.92 Å². The molecule has 0 aliphatic heterocycles. The summed E-state index contributed by atoms with van der Waals surface area (Å²) >= 11 is 1.25. The second kappa shape index (κ2) is 5.83. The molecule has 0 bridgehead atoms. The number of aryl methyl sites for hydroxylation is 1. The molecule has 1 aromatic carbocycles. The van der Waals surface area contributed by atoms with Gasteiger partial charge < -0.3 is 10.4 Å². The number of rotatable bonds is 4. The number of hydrogen-bond acceptors (Lipinski definition) is 3.